The number of halogens is 1. The molecule has 0 saturated heterocycles. The lowest BCUT2D eigenvalue weighted by Gasteiger charge is -2.13. The van der Waals surface area contributed by atoms with Gasteiger partial charge in [0.25, 0.3) is 0 Å². The molecule has 0 fully saturated rings. The SMILES string of the molecule is CN(C)c1nc(CN[C@H]2CCc3cc(Cl)ccc32)cs1. The van der Waals surface area contributed by atoms with Crippen LogP contribution in [0.3, 0.4) is 0 Å². The van der Waals surface area contributed by atoms with Crippen molar-refractivity contribution in [1.29, 1.82) is 0 Å². The van der Waals surface area contributed by atoms with Gasteiger partial charge in [-0.15, -0.1) is 11.3 Å². The summed E-state index contributed by atoms with van der Waals surface area (Å²) in [4.78, 5) is 6.64. The first kappa shape index (κ1) is 13.9. The fourth-order valence-electron chi connectivity index (χ4n) is 2.61. The number of aryl methyl sites for hydroxylation is 1. The number of aromatic nitrogens is 1. The third kappa shape index (κ3) is 2.82. The average Bonchev–Trinajstić information content (AvgIpc) is 3.02. The Balaban J connectivity index is 1.65. The molecule has 1 aromatic carbocycles. The van der Waals surface area contributed by atoms with Gasteiger partial charge in [-0.3, -0.25) is 0 Å². The predicted molar refractivity (Wildman–Crippen MR) is 85.8 cm³/mol. The van der Waals surface area contributed by atoms with Crippen LogP contribution in [0.4, 0.5) is 5.13 Å². The minimum absolute atomic E-state index is 0.423. The van der Waals surface area contributed by atoms with E-state index >= 15 is 0 Å². The van der Waals surface area contributed by atoms with E-state index in [0.717, 1.165) is 35.2 Å². The van der Waals surface area contributed by atoms with Crippen molar-refractivity contribution in [2.24, 2.45) is 0 Å². The fourth-order valence-corrected chi connectivity index (χ4v) is 3.56. The summed E-state index contributed by atoms with van der Waals surface area (Å²) in [6, 6.07) is 6.64. The van der Waals surface area contributed by atoms with E-state index in [1.807, 2.05) is 25.1 Å². The van der Waals surface area contributed by atoms with Crippen LogP contribution in [0.2, 0.25) is 5.02 Å². The van der Waals surface area contributed by atoms with E-state index in [2.05, 4.69) is 27.8 Å². The quantitative estimate of drug-likeness (QED) is 0.934. The molecule has 1 aliphatic rings. The van der Waals surface area contributed by atoms with Crippen LogP contribution in [-0.2, 0) is 13.0 Å². The van der Waals surface area contributed by atoms with Crippen molar-refractivity contribution in [3.63, 3.8) is 0 Å². The van der Waals surface area contributed by atoms with Gasteiger partial charge in [-0.05, 0) is 36.1 Å². The summed E-state index contributed by atoms with van der Waals surface area (Å²) >= 11 is 7.73. The summed E-state index contributed by atoms with van der Waals surface area (Å²) in [5.41, 5.74) is 3.88. The Bertz CT molecular complexity index is 609. The van der Waals surface area contributed by atoms with Crippen LogP contribution >= 0.6 is 22.9 Å². The molecule has 5 heteroatoms. The van der Waals surface area contributed by atoms with E-state index in [4.69, 9.17) is 11.6 Å². The molecule has 106 valence electrons. The van der Waals surface area contributed by atoms with E-state index in [1.54, 1.807) is 11.3 Å². The standard InChI is InChI=1S/C15H18ClN3S/c1-19(2)15-18-12(9-20-15)8-17-14-6-3-10-7-11(16)4-5-13(10)14/h4-5,7,9,14,17H,3,6,8H2,1-2H3/t14-/m0/s1. The molecule has 1 aromatic heterocycles. The van der Waals surface area contributed by atoms with E-state index in [0.29, 0.717) is 6.04 Å². The molecule has 0 amide bonds. The lowest BCUT2D eigenvalue weighted by atomic mass is 10.1. The number of nitrogens with zero attached hydrogens (tertiary/aromatic N) is 2. The highest BCUT2D eigenvalue weighted by Crippen LogP contribution is 2.33. The topological polar surface area (TPSA) is 28.2 Å². The first-order valence-electron chi connectivity index (χ1n) is 6.77. The highest BCUT2D eigenvalue weighted by molar-refractivity contribution is 7.13. The summed E-state index contributed by atoms with van der Waals surface area (Å²) in [5, 5.41) is 7.62. The zero-order chi connectivity index (χ0) is 14.1. The third-order valence-corrected chi connectivity index (χ3v) is 4.93. The average molecular weight is 308 g/mol. The van der Waals surface area contributed by atoms with E-state index < -0.39 is 0 Å². The molecule has 1 atom stereocenters. The summed E-state index contributed by atoms with van der Waals surface area (Å²) in [6.07, 6.45) is 2.24. The minimum atomic E-state index is 0.423. The Morgan fingerprint density at radius 1 is 1.45 bits per heavy atom. The molecule has 20 heavy (non-hydrogen) atoms. The lowest BCUT2D eigenvalue weighted by molar-refractivity contribution is 0.526. The van der Waals surface area contributed by atoms with Crippen molar-refractivity contribution < 1.29 is 0 Å². The second kappa shape index (κ2) is 5.72. The van der Waals surface area contributed by atoms with Crippen LogP contribution in [0.15, 0.2) is 23.6 Å². The zero-order valence-corrected chi connectivity index (χ0v) is 13.3. The molecule has 1 N–H and O–H groups in total. The van der Waals surface area contributed by atoms with Gasteiger partial charge in [0.05, 0.1) is 5.69 Å². The van der Waals surface area contributed by atoms with Crippen molar-refractivity contribution in [2.45, 2.75) is 25.4 Å². The van der Waals surface area contributed by atoms with Gasteiger partial charge in [0, 0.05) is 37.1 Å². The highest BCUT2D eigenvalue weighted by atomic mass is 35.5. The molecular weight excluding hydrogens is 290 g/mol. The van der Waals surface area contributed by atoms with Crippen molar-refractivity contribution in [3.05, 3.63) is 45.4 Å². The van der Waals surface area contributed by atoms with Crippen LogP contribution < -0.4 is 10.2 Å². The van der Waals surface area contributed by atoms with Crippen LogP contribution in [-0.4, -0.2) is 19.1 Å². The number of hydrogen-bond donors (Lipinski definition) is 1. The monoisotopic (exact) mass is 307 g/mol. The van der Waals surface area contributed by atoms with Gasteiger partial charge in [0.2, 0.25) is 0 Å². The molecular formula is C15H18ClN3S. The van der Waals surface area contributed by atoms with Gasteiger partial charge < -0.3 is 10.2 Å². The molecule has 0 aliphatic heterocycles. The number of rotatable bonds is 4. The van der Waals surface area contributed by atoms with Gasteiger partial charge >= 0.3 is 0 Å². The van der Waals surface area contributed by atoms with E-state index in [9.17, 15) is 0 Å². The molecule has 0 radical (unpaired) electrons. The summed E-state index contributed by atoms with van der Waals surface area (Å²) < 4.78 is 0. The Kier molecular flexibility index (Phi) is 3.96. The second-order valence-electron chi connectivity index (χ2n) is 5.33. The molecule has 0 spiro atoms. The van der Waals surface area contributed by atoms with E-state index in [1.165, 1.54) is 11.1 Å². The number of fused-ring (bicyclic) bond motifs is 1. The summed E-state index contributed by atoms with van der Waals surface area (Å²) in [5.74, 6) is 0. The van der Waals surface area contributed by atoms with E-state index in [-0.39, 0.29) is 0 Å². The molecule has 0 bridgehead atoms. The Hall–Kier alpha value is -1.10. The number of benzene rings is 1. The van der Waals surface area contributed by atoms with Crippen LogP contribution in [0.5, 0.6) is 0 Å². The first-order valence-corrected chi connectivity index (χ1v) is 8.02. The van der Waals surface area contributed by atoms with Gasteiger partial charge in [0.1, 0.15) is 0 Å². The highest BCUT2D eigenvalue weighted by Gasteiger charge is 2.22. The molecule has 1 heterocycles. The second-order valence-corrected chi connectivity index (χ2v) is 6.60. The van der Waals surface area contributed by atoms with Crippen LogP contribution in [0.25, 0.3) is 0 Å². The molecule has 1 aliphatic carbocycles. The van der Waals surface area contributed by atoms with Crippen molar-refractivity contribution in [2.75, 3.05) is 19.0 Å². The van der Waals surface area contributed by atoms with Crippen molar-refractivity contribution in [1.82, 2.24) is 10.3 Å². The smallest absolute Gasteiger partial charge is 0.185 e. The number of hydrogen-bond acceptors (Lipinski definition) is 4. The van der Waals surface area contributed by atoms with Crippen LogP contribution in [0.1, 0.15) is 29.3 Å². The Labute approximate surface area is 128 Å². The van der Waals surface area contributed by atoms with Crippen molar-refractivity contribution in [3.8, 4) is 0 Å². The van der Waals surface area contributed by atoms with Gasteiger partial charge in [-0.1, -0.05) is 17.7 Å². The maximum absolute atomic E-state index is 6.04. The molecule has 3 nitrogen and oxygen atoms in total. The lowest BCUT2D eigenvalue weighted by Crippen LogP contribution is -2.19. The minimum Gasteiger partial charge on any atom is -0.354 e. The fraction of sp³-hybridized carbons (Fsp3) is 0.400. The van der Waals surface area contributed by atoms with Crippen molar-refractivity contribution >= 4 is 28.1 Å². The zero-order valence-electron chi connectivity index (χ0n) is 11.7. The van der Waals surface area contributed by atoms with Gasteiger partial charge in [-0.2, -0.15) is 0 Å². The number of thiazole rings is 1. The molecule has 2 aromatic rings. The number of nitrogens with one attached hydrogen (secondary N) is 1. The van der Waals surface area contributed by atoms with Crippen LogP contribution in [0, 0.1) is 0 Å². The van der Waals surface area contributed by atoms with Gasteiger partial charge in [-0.25, -0.2) is 4.98 Å². The molecule has 0 saturated carbocycles. The maximum atomic E-state index is 6.04. The summed E-state index contributed by atoms with van der Waals surface area (Å²) in [7, 11) is 4.04. The number of anilines is 1. The third-order valence-electron chi connectivity index (χ3n) is 3.63. The maximum Gasteiger partial charge on any atom is 0.185 e. The molecule has 3 rings (SSSR count). The Morgan fingerprint density at radius 3 is 3.05 bits per heavy atom. The Morgan fingerprint density at radius 2 is 2.30 bits per heavy atom. The summed E-state index contributed by atoms with van der Waals surface area (Å²) in [6.45, 7) is 0.817. The molecule has 0 unspecified atom stereocenters. The van der Waals surface area contributed by atoms with Gasteiger partial charge in [0.15, 0.2) is 5.13 Å². The predicted octanol–water partition coefficient (Wildman–Crippen LogP) is 3.64. The first-order chi connectivity index (χ1) is 9.63. The largest absolute Gasteiger partial charge is 0.354 e. The normalized spacial score (nSPS) is 17.2.